The van der Waals surface area contributed by atoms with E-state index in [2.05, 4.69) is 0 Å². The predicted octanol–water partition coefficient (Wildman–Crippen LogP) is 4.63. The van der Waals surface area contributed by atoms with Crippen LogP contribution in [0.2, 0.25) is 0 Å². The van der Waals surface area contributed by atoms with Gasteiger partial charge in [-0.25, -0.2) is 0 Å². The highest BCUT2D eigenvalue weighted by atomic mass is 16.6. The molecule has 0 aliphatic rings. The van der Waals surface area contributed by atoms with Gasteiger partial charge in [-0.05, 0) is 37.3 Å². The molecule has 4 aromatic rings. The molecule has 4 rings (SSSR count). The van der Waals surface area contributed by atoms with Crippen LogP contribution in [0, 0.1) is 17.0 Å². The number of hydrogen-bond acceptors (Lipinski definition) is 6. The Morgan fingerprint density at radius 3 is 2.63 bits per heavy atom. The molecule has 2 heterocycles. The van der Waals surface area contributed by atoms with E-state index in [-0.39, 0.29) is 22.8 Å². The number of rotatable bonds is 5. The van der Waals surface area contributed by atoms with Crippen LogP contribution in [-0.2, 0) is 0 Å². The normalized spacial score (nSPS) is 10.9. The molecule has 2 aromatic carbocycles. The molecule has 0 saturated heterocycles. The second-order valence-corrected chi connectivity index (χ2v) is 6.58. The fourth-order valence-corrected chi connectivity index (χ4v) is 3.51. The lowest BCUT2D eigenvalue weighted by Gasteiger charge is -2.05. The van der Waals surface area contributed by atoms with Gasteiger partial charge in [-0.15, -0.1) is 0 Å². The first-order valence-electron chi connectivity index (χ1n) is 8.98. The number of furan rings is 1. The number of carbonyl (C=O) groups is 2. The molecule has 0 fully saturated rings. The van der Waals surface area contributed by atoms with Crippen LogP contribution in [-0.4, -0.2) is 28.8 Å². The molecule has 0 spiro atoms. The topological polar surface area (TPSA) is 105 Å². The minimum absolute atomic E-state index is 0.00332. The Kier molecular flexibility index (Phi) is 4.67. The molecule has 0 aliphatic heterocycles. The van der Waals surface area contributed by atoms with E-state index in [1.165, 1.54) is 35.9 Å². The third-order valence-electron chi connectivity index (χ3n) is 4.97. The minimum atomic E-state index is -0.540. The van der Waals surface area contributed by atoms with Crippen molar-refractivity contribution in [1.82, 2.24) is 4.57 Å². The van der Waals surface area contributed by atoms with Crippen molar-refractivity contribution in [2.45, 2.75) is 6.92 Å². The monoisotopic (exact) mass is 404 g/mol. The van der Waals surface area contributed by atoms with E-state index >= 15 is 0 Å². The molecule has 0 radical (unpaired) electrons. The maximum Gasteiger partial charge on any atom is 0.298 e. The summed E-state index contributed by atoms with van der Waals surface area (Å²) in [6.07, 6.45) is 0.718. The molecule has 8 nitrogen and oxygen atoms in total. The number of benzene rings is 2. The number of fused-ring (bicyclic) bond motifs is 1. The van der Waals surface area contributed by atoms with E-state index in [9.17, 15) is 19.7 Å². The van der Waals surface area contributed by atoms with Crippen LogP contribution in [0.4, 0.5) is 5.69 Å². The van der Waals surface area contributed by atoms with Gasteiger partial charge in [0.25, 0.3) is 11.6 Å². The summed E-state index contributed by atoms with van der Waals surface area (Å²) < 4.78 is 12.1. The van der Waals surface area contributed by atoms with Crippen LogP contribution in [0.1, 0.15) is 26.6 Å². The zero-order chi connectivity index (χ0) is 21.4. The second-order valence-electron chi connectivity index (χ2n) is 6.58. The summed E-state index contributed by atoms with van der Waals surface area (Å²) >= 11 is 0. The fourth-order valence-electron chi connectivity index (χ4n) is 3.51. The summed E-state index contributed by atoms with van der Waals surface area (Å²) in [5.74, 6) is 0.0391. The van der Waals surface area contributed by atoms with Crippen molar-refractivity contribution in [2.75, 3.05) is 7.11 Å². The van der Waals surface area contributed by atoms with Gasteiger partial charge in [0.05, 0.1) is 29.2 Å². The predicted molar refractivity (Wildman–Crippen MR) is 109 cm³/mol. The Bertz CT molecular complexity index is 1310. The van der Waals surface area contributed by atoms with E-state index in [4.69, 9.17) is 9.15 Å². The number of ether oxygens (including phenoxy) is 1. The van der Waals surface area contributed by atoms with Crippen molar-refractivity contribution < 1.29 is 23.7 Å². The van der Waals surface area contributed by atoms with Crippen molar-refractivity contribution in [3.8, 4) is 17.1 Å². The van der Waals surface area contributed by atoms with Crippen molar-refractivity contribution in [2.24, 2.45) is 0 Å². The van der Waals surface area contributed by atoms with Crippen molar-refractivity contribution in [3.05, 3.63) is 81.7 Å². The Balaban J connectivity index is 1.81. The van der Waals surface area contributed by atoms with Crippen LogP contribution in [0.15, 0.2) is 59.0 Å². The minimum Gasteiger partial charge on any atom is -0.497 e. The van der Waals surface area contributed by atoms with Gasteiger partial charge in [-0.3, -0.25) is 24.3 Å². The lowest BCUT2D eigenvalue weighted by atomic mass is 10.1. The van der Waals surface area contributed by atoms with Crippen LogP contribution in [0.5, 0.6) is 5.75 Å². The number of carbonyl (C=O) groups excluding carboxylic acids is 2. The number of nitrogens with zero attached hydrogens (tertiary/aromatic N) is 2. The SMILES string of the molecule is COc1ccc(-c2ccc(C(=O)n3c(C)c(C=O)c4ccccc43)o2)c([N+](=O)[O-])c1. The van der Waals surface area contributed by atoms with Crippen LogP contribution in [0.25, 0.3) is 22.2 Å². The second kappa shape index (κ2) is 7.32. The van der Waals surface area contributed by atoms with Crippen LogP contribution in [0.3, 0.4) is 0 Å². The molecular formula is C22H16N2O6. The lowest BCUT2D eigenvalue weighted by Crippen LogP contribution is -2.12. The number of aromatic nitrogens is 1. The van der Waals surface area contributed by atoms with Crippen molar-refractivity contribution >= 4 is 28.8 Å². The van der Waals surface area contributed by atoms with E-state index in [1.807, 2.05) is 0 Å². The summed E-state index contributed by atoms with van der Waals surface area (Å²) in [5.41, 5.74) is 1.52. The Morgan fingerprint density at radius 2 is 1.93 bits per heavy atom. The van der Waals surface area contributed by atoms with Gasteiger partial charge < -0.3 is 9.15 Å². The fraction of sp³-hybridized carbons (Fsp3) is 0.0909. The summed E-state index contributed by atoms with van der Waals surface area (Å²) in [6.45, 7) is 1.68. The molecular weight excluding hydrogens is 388 g/mol. The standard InChI is InChI=1S/C22H16N2O6/c1-13-17(12-25)15-5-3-4-6-18(15)23(13)22(26)21-10-9-20(30-21)16-8-7-14(29-2)11-19(16)24(27)28/h3-12H,1-2H3. The Morgan fingerprint density at radius 1 is 1.17 bits per heavy atom. The highest BCUT2D eigenvalue weighted by Gasteiger charge is 2.24. The number of nitro benzene ring substituents is 1. The van der Waals surface area contributed by atoms with Gasteiger partial charge in [0.15, 0.2) is 12.0 Å². The summed E-state index contributed by atoms with van der Waals surface area (Å²) in [4.78, 5) is 35.6. The van der Waals surface area contributed by atoms with E-state index in [1.54, 1.807) is 37.3 Å². The zero-order valence-corrected chi connectivity index (χ0v) is 16.1. The number of nitro groups is 1. The van der Waals surface area contributed by atoms with Crippen LogP contribution >= 0.6 is 0 Å². The van der Waals surface area contributed by atoms with Gasteiger partial charge >= 0.3 is 0 Å². The highest BCUT2D eigenvalue weighted by Crippen LogP contribution is 2.35. The number of para-hydroxylation sites is 1. The van der Waals surface area contributed by atoms with E-state index in [0.29, 0.717) is 27.9 Å². The van der Waals surface area contributed by atoms with Gasteiger partial charge in [-0.2, -0.15) is 0 Å². The first-order valence-corrected chi connectivity index (χ1v) is 8.98. The first kappa shape index (κ1) is 19.1. The zero-order valence-electron chi connectivity index (χ0n) is 16.1. The van der Waals surface area contributed by atoms with Crippen LogP contribution < -0.4 is 4.74 Å². The third-order valence-corrected chi connectivity index (χ3v) is 4.97. The van der Waals surface area contributed by atoms with E-state index < -0.39 is 10.8 Å². The molecule has 0 atom stereocenters. The van der Waals surface area contributed by atoms with Gasteiger partial charge in [0, 0.05) is 16.6 Å². The third kappa shape index (κ3) is 2.95. The molecule has 0 unspecified atom stereocenters. The molecule has 0 saturated carbocycles. The van der Waals surface area contributed by atoms with Gasteiger partial charge in [-0.1, -0.05) is 18.2 Å². The number of methoxy groups -OCH3 is 1. The number of hydrogen-bond donors (Lipinski definition) is 0. The number of aldehydes is 1. The molecule has 0 aliphatic carbocycles. The first-order chi connectivity index (χ1) is 14.5. The smallest absolute Gasteiger partial charge is 0.298 e. The molecule has 150 valence electrons. The average molecular weight is 404 g/mol. The Hall–Kier alpha value is -4.20. The summed E-state index contributed by atoms with van der Waals surface area (Å²) in [7, 11) is 1.42. The maximum atomic E-state index is 13.2. The van der Waals surface area contributed by atoms with Gasteiger partial charge in [0.1, 0.15) is 11.5 Å². The van der Waals surface area contributed by atoms with Crippen molar-refractivity contribution in [1.29, 1.82) is 0 Å². The molecule has 0 bridgehead atoms. The molecule has 8 heteroatoms. The molecule has 30 heavy (non-hydrogen) atoms. The molecule has 2 aromatic heterocycles. The lowest BCUT2D eigenvalue weighted by molar-refractivity contribution is -0.384. The molecule has 0 amide bonds. The van der Waals surface area contributed by atoms with Gasteiger partial charge in [0.2, 0.25) is 0 Å². The largest absolute Gasteiger partial charge is 0.497 e. The average Bonchev–Trinajstić information content (AvgIpc) is 3.35. The highest BCUT2D eigenvalue weighted by molar-refractivity contribution is 6.07. The maximum absolute atomic E-state index is 13.2. The van der Waals surface area contributed by atoms with Crippen molar-refractivity contribution in [3.63, 3.8) is 0 Å². The quantitative estimate of drug-likeness (QED) is 0.273. The Labute approximate surface area is 170 Å². The summed E-state index contributed by atoms with van der Waals surface area (Å²) in [6, 6.07) is 14.4. The molecule has 0 N–H and O–H groups in total. The van der Waals surface area contributed by atoms with E-state index in [0.717, 1.165) is 6.29 Å². The summed E-state index contributed by atoms with van der Waals surface area (Å²) in [5, 5.41) is 12.1.